The Morgan fingerprint density at radius 2 is 1.94 bits per heavy atom. The monoisotopic (exact) mass is 488 g/mol. The molecule has 2 fully saturated rings. The van der Waals surface area contributed by atoms with E-state index < -0.39 is 0 Å². The van der Waals surface area contributed by atoms with Crippen LogP contribution < -0.4 is 10.1 Å². The van der Waals surface area contributed by atoms with Gasteiger partial charge in [0.15, 0.2) is 5.82 Å². The number of thiophene rings is 1. The van der Waals surface area contributed by atoms with Crippen LogP contribution in [0.5, 0.6) is 5.75 Å². The Labute approximate surface area is 212 Å². The maximum absolute atomic E-state index is 6.25. The van der Waals surface area contributed by atoms with Crippen LogP contribution in [0, 0.1) is 0 Å². The summed E-state index contributed by atoms with van der Waals surface area (Å²) in [6.07, 6.45) is 12.0. The maximum atomic E-state index is 6.25. The highest BCUT2D eigenvalue weighted by Gasteiger charge is 2.26. The first-order valence-corrected chi connectivity index (χ1v) is 14.2. The van der Waals surface area contributed by atoms with E-state index in [0.717, 1.165) is 56.9 Å². The highest BCUT2D eigenvalue weighted by Crippen LogP contribution is 2.39. The Balaban J connectivity index is 1.14. The number of aromatic nitrogens is 3. The van der Waals surface area contributed by atoms with E-state index in [4.69, 9.17) is 9.72 Å². The smallest absolute Gasteiger partial charge is 0.156 e. The molecule has 2 aliphatic rings. The molecule has 0 bridgehead atoms. The number of benzene rings is 1. The van der Waals surface area contributed by atoms with Gasteiger partial charge in [0.1, 0.15) is 5.75 Å². The normalized spacial score (nSPS) is 19.1. The summed E-state index contributed by atoms with van der Waals surface area (Å²) in [6, 6.07) is 13.3. The Kier molecular flexibility index (Phi) is 6.66. The van der Waals surface area contributed by atoms with Crippen molar-refractivity contribution in [3.63, 3.8) is 0 Å². The molecule has 4 heterocycles. The highest BCUT2D eigenvalue weighted by molar-refractivity contribution is 7.17. The Hall–Kier alpha value is -2.57. The number of rotatable bonds is 8. The summed E-state index contributed by atoms with van der Waals surface area (Å²) in [4.78, 5) is 4.95. The van der Waals surface area contributed by atoms with Gasteiger partial charge in [0.2, 0.25) is 0 Å². The molecule has 1 aliphatic carbocycles. The van der Waals surface area contributed by atoms with Crippen molar-refractivity contribution in [2.75, 3.05) is 13.1 Å². The fourth-order valence-electron chi connectivity index (χ4n) is 5.60. The van der Waals surface area contributed by atoms with Crippen molar-refractivity contribution in [2.24, 2.45) is 7.05 Å². The molecular weight excluding hydrogens is 452 g/mol. The second-order valence-corrected chi connectivity index (χ2v) is 11.2. The van der Waals surface area contributed by atoms with Gasteiger partial charge in [-0.2, -0.15) is 0 Å². The SMILES string of the molecule is Cn1c(-c2ncc(C3CCC3)n2CCCc2ccc(OC3CCCNCC3)cc2)cc2sccc21. The van der Waals surface area contributed by atoms with Crippen molar-refractivity contribution in [1.29, 1.82) is 0 Å². The van der Waals surface area contributed by atoms with Gasteiger partial charge in [-0.15, -0.1) is 11.3 Å². The molecule has 1 atom stereocenters. The molecule has 6 rings (SSSR count). The number of imidazole rings is 1. The number of hydrogen-bond acceptors (Lipinski definition) is 4. The lowest BCUT2D eigenvalue weighted by Crippen LogP contribution is -2.19. The predicted octanol–water partition coefficient (Wildman–Crippen LogP) is 6.52. The fraction of sp³-hybridized carbons (Fsp3) is 0.483. The zero-order chi connectivity index (χ0) is 23.6. The highest BCUT2D eigenvalue weighted by atomic mass is 32.1. The molecule has 1 saturated heterocycles. The first-order chi connectivity index (χ1) is 17.3. The van der Waals surface area contributed by atoms with E-state index in [9.17, 15) is 0 Å². The number of hydrogen-bond donors (Lipinski definition) is 1. The van der Waals surface area contributed by atoms with Crippen molar-refractivity contribution in [1.82, 2.24) is 19.4 Å². The van der Waals surface area contributed by atoms with E-state index in [2.05, 4.69) is 69.5 Å². The fourth-order valence-corrected chi connectivity index (χ4v) is 6.45. The summed E-state index contributed by atoms with van der Waals surface area (Å²) in [6.45, 7) is 3.18. The topological polar surface area (TPSA) is 44.0 Å². The van der Waals surface area contributed by atoms with Gasteiger partial charge < -0.3 is 19.2 Å². The van der Waals surface area contributed by atoms with E-state index in [1.807, 2.05) is 11.3 Å². The van der Waals surface area contributed by atoms with Crippen LogP contribution in [-0.2, 0) is 20.0 Å². The molecule has 0 radical (unpaired) electrons. The van der Waals surface area contributed by atoms with Crippen molar-refractivity contribution in [3.05, 3.63) is 59.2 Å². The van der Waals surface area contributed by atoms with Gasteiger partial charge in [-0.1, -0.05) is 18.6 Å². The van der Waals surface area contributed by atoms with Gasteiger partial charge in [-0.05, 0) is 93.2 Å². The molecule has 1 N–H and O–H groups in total. The summed E-state index contributed by atoms with van der Waals surface area (Å²) >= 11 is 1.81. The molecule has 1 aromatic carbocycles. The molecule has 1 aliphatic heterocycles. The van der Waals surface area contributed by atoms with Crippen LogP contribution in [-0.4, -0.2) is 33.3 Å². The van der Waals surface area contributed by atoms with Gasteiger partial charge in [-0.3, -0.25) is 0 Å². The second-order valence-electron chi connectivity index (χ2n) is 10.2. The van der Waals surface area contributed by atoms with Gasteiger partial charge in [-0.25, -0.2) is 4.98 Å². The van der Waals surface area contributed by atoms with Gasteiger partial charge in [0.25, 0.3) is 0 Å². The second kappa shape index (κ2) is 10.2. The van der Waals surface area contributed by atoms with E-state index in [-0.39, 0.29) is 0 Å². The molecule has 6 heteroatoms. The lowest BCUT2D eigenvalue weighted by atomic mass is 9.83. The number of nitrogens with zero attached hydrogens (tertiary/aromatic N) is 3. The van der Waals surface area contributed by atoms with Gasteiger partial charge in [0, 0.05) is 31.4 Å². The number of nitrogens with one attached hydrogen (secondary N) is 1. The Bertz CT molecular complexity index is 1260. The molecule has 184 valence electrons. The summed E-state index contributed by atoms with van der Waals surface area (Å²) < 4.78 is 12.4. The first-order valence-electron chi connectivity index (χ1n) is 13.3. The molecule has 0 amide bonds. The first kappa shape index (κ1) is 22.9. The van der Waals surface area contributed by atoms with Crippen molar-refractivity contribution >= 4 is 21.6 Å². The maximum Gasteiger partial charge on any atom is 0.156 e. The summed E-state index contributed by atoms with van der Waals surface area (Å²) in [5.74, 6) is 2.81. The quantitative estimate of drug-likeness (QED) is 0.307. The van der Waals surface area contributed by atoms with Gasteiger partial charge in [0.05, 0.1) is 22.0 Å². The molecule has 0 spiro atoms. The molecular formula is C29H36N4OS. The number of fused-ring (bicyclic) bond motifs is 1. The van der Waals surface area contributed by atoms with Crippen LogP contribution in [0.25, 0.3) is 21.7 Å². The Morgan fingerprint density at radius 1 is 1.06 bits per heavy atom. The van der Waals surface area contributed by atoms with Crippen LogP contribution in [0.2, 0.25) is 0 Å². The third-order valence-corrected chi connectivity index (χ3v) is 8.75. The lowest BCUT2D eigenvalue weighted by molar-refractivity contribution is 0.187. The number of aryl methyl sites for hydroxylation is 2. The Morgan fingerprint density at radius 3 is 2.74 bits per heavy atom. The molecule has 4 aromatic rings. The molecule has 1 unspecified atom stereocenters. The molecule has 35 heavy (non-hydrogen) atoms. The average molecular weight is 489 g/mol. The van der Waals surface area contributed by atoms with Crippen LogP contribution in [0.4, 0.5) is 0 Å². The zero-order valence-electron chi connectivity index (χ0n) is 20.7. The number of ether oxygens (including phenoxy) is 1. The predicted molar refractivity (Wildman–Crippen MR) is 145 cm³/mol. The average Bonchev–Trinajstić information content (AvgIpc) is 3.47. The van der Waals surface area contributed by atoms with Crippen LogP contribution in [0.15, 0.2) is 48.0 Å². The molecule has 1 saturated carbocycles. The summed E-state index contributed by atoms with van der Waals surface area (Å²) in [5, 5.41) is 5.63. The van der Waals surface area contributed by atoms with E-state index in [1.165, 1.54) is 52.9 Å². The van der Waals surface area contributed by atoms with Crippen molar-refractivity contribution < 1.29 is 4.74 Å². The molecule has 3 aromatic heterocycles. The van der Waals surface area contributed by atoms with Gasteiger partial charge >= 0.3 is 0 Å². The summed E-state index contributed by atoms with van der Waals surface area (Å²) in [5.41, 5.74) is 5.34. The van der Waals surface area contributed by atoms with E-state index >= 15 is 0 Å². The minimum atomic E-state index is 0.341. The van der Waals surface area contributed by atoms with Crippen molar-refractivity contribution in [2.45, 2.75) is 69.9 Å². The molecule has 5 nitrogen and oxygen atoms in total. The van der Waals surface area contributed by atoms with Crippen LogP contribution >= 0.6 is 11.3 Å². The third kappa shape index (κ3) is 4.78. The third-order valence-electron chi connectivity index (χ3n) is 7.90. The van der Waals surface area contributed by atoms with E-state index in [0.29, 0.717) is 12.0 Å². The lowest BCUT2D eigenvalue weighted by Gasteiger charge is -2.27. The summed E-state index contributed by atoms with van der Waals surface area (Å²) in [7, 11) is 2.17. The van der Waals surface area contributed by atoms with E-state index in [1.54, 1.807) is 0 Å². The van der Waals surface area contributed by atoms with Crippen LogP contribution in [0.3, 0.4) is 0 Å². The zero-order valence-corrected chi connectivity index (χ0v) is 21.5. The van der Waals surface area contributed by atoms with Crippen LogP contribution in [0.1, 0.15) is 62.1 Å². The minimum absolute atomic E-state index is 0.341. The standard InChI is InChI=1S/C29H36N4OS/c1-32-25-14-18-35-28(25)19-26(32)29-31-20-27(22-6-2-7-22)33(29)17-4-5-21-9-11-24(12-10-21)34-23-8-3-15-30-16-13-23/h9-12,14,18-20,22-23,30H,2-8,13,15-17H2,1H3. The van der Waals surface area contributed by atoms with Crippen molar-refractivity contribution in [3.8, 4) is 17.3 Å². The largest absolute Gasteiger partial charge is 0.490 e. The minimum Gasteiger partial charge on any atom is -0.490 e.